The summed E-state index contributed by atoms with van der Waals surface area (Å²) in [5.74, 6) is 0. The molecule has 0 saturated carbocycles. The standard InChI is InChI=1S/C10H12N4S/c11-6-5-8-3-1-2-4-9(8)15-10-12-7-13-14-10/h1-4,7H,5-6,11H2,(H,12,13,14). The smallest absolute Gasteiger partial charge is 0.188 e. The Balaban J connectivity index is 2.20. The minimum Gasteiger partial charge on any atom is -0.330 e. The molecule has 78 valence electrons. The van der Waals surface area contributed by atoms with Crippen LogP contribution in [0.4, 0.5) is 0 Å². The maximum Gasteiger partial charge on any atom is 0.188 e. The van der Waals surface area contributed by atoms with Gasteiger partial charge in [-0.1, -0.05) is 30.0 Å². The molecule has 1 aromatic carbocycles. The van der Waals surface area contributed by atoms with Crippen molar-refractivity contribution in [2.24, 2.45) is 5.73 Å². The SMILES string of the molecule is NCCc1ccccc1Sc1ncn[nH]1. The summed E-state index contributed by atoms with van der Waals surface area (Å²) in [5, 5.41) is 7.44. The number of nitrogens with zero attached hydrogens (tertiary/aromatic N) is 2. The second-order valence-electron chi connectivity index (χ2n) is 3.04. The molecule has 0 aliphatic rings. The minimum absolute atomic E-state index is 0.661. The van der Waals surface area contributed by atoms with Crippen LogP contribution in [0.5, 0.6) is 0 Å². The molecule has 0 atom stereocenters. The third kappa shape index (κ3) is 2.57. The second kappa shape index (κ2) is 4.95. The highest BCUT2D eigenvalue weighted by atomic mass is 32.2. The van der Waals surface area contributed by atoms with Crippen LogP contribution in [0, 0.1) is 0 Å². The van der Waals surface area contributed by atoms with Gasteiger partial charge in [-0.25, -0.2) is 4.98 Å². The molecular weight excluding hydrogens is 208 g/mol. The topological polar surface area (TPSA) is 67.6 Å². The fraction of sp³-hybridized carbons (Fsp3) is 0.200. The highest BCUT2D eigenvalue weighted by molar-refractivity contribution is 7.99. The summed E-state index contributed by atoms with van der Waals surface area (Å²) in [5.41, 5.74) is 6.81. The third-order valence-electron chi connectivity index (χ3n) is 1.99. The van der Waals surface area contributed by atoms with E-state index in [1.807, 2.05) is 12.1 Å². The van der Waals surface area contributed by atoms with Crippen LogP contribution in [-0.4, -0.2) is 21.7 Å². The van der Waals surface area contributed by atoms with Crippen LogP contribution in [0.1, 0.15) is 5.56 Å². The molecule has 0 spiro atoms. The Morgan fingerprint density at radius 1 is 1.33 bits per heavy atom. The number of aromatic amines is 1. The highest BCUT2D eigenvalue weighted by Gasteiger charge is 2.04. The van der Waals surface area contributed by atoms with Crippen molar-refractivity contribution in [3.8, 4) is 0 Å². The first-order valence-corrected chi connectivity index (χ1v) is 5.53. The van der Waals surface area contributed by atoms with Gasteiger partial charge in [0.15, 0.2) is 5.16 Å². The molecule has 3 N–H and O–H groups in total. The first-order valence-electron chi connectivity index (χ1n) is 4.71. The summed E-state index contributed by atoms with van der Waals surface area (Å²) in [4.78, 5) is 5.26. The molecule has 0 unspecified atom stereocenters. The van der Waals surface area contributed by atoms with E-state index >= 15 is 0 Å². The second-order valence-corrected chi connectivity index (χ2v) is 4.07. The van der Waals surface area contributed by atoms with Crippen molar-refractivity contribution in [1.29, 1.82) is 0 Å². The summed E-state index contributed by atoms with van der Waals surface area (Å²) in [7, 11) is 0. The monoisotopic (exact) mass is 220 g/mol. The summed E-state index contributed by atoms with van der Waals surface area (Å²) in [6, 6.07) is 8.19. The summed E-state index contributed by atoms with van der Waals surface area (Å²) < 4.78 is 0. The fourth-order valence-corrected chi connectivity index (χ4v) is 2.17. The van der Waals surface area contributed by atoms with Gasteiger partial charge in [0.25, 0.3) is 0 Å². The Labute approximate surface area is 92.3 Å². The minimum atomic E-state index is 0.661. The molecular formula is C10H12N4S. The number of benzene rings is 1. The van der Waals surface area contributed by atoms with Crippen molar-refractivity contribution < 1.29 is 0 Å². The van der Waals surface area contributed by atoms with Crippen molar-refractivity contribution in [1.82, 2.24) is 15.2 Å². The highest BCUT2D eigenvalue weighted by Crippen LogP contribution is 2.27. The molecule has 0 amide bonds. The maximum absolute atomic E-state index is 5.56. The van der Waals surface area contributed by atoms with Gasteiger partial charge in [0.2, 0.25) is 0 Å². The zero-order chi connectivity index (χ0) is 10.5. The molecule has 5 heteroatoms. The van der Waals surface area contributed by atoms with Crippen molar-refractivity contribution in [2.75, 3.05) is 6.54 Å². The Morgan fingerprint density at radius 2 is 2.20 bits per heavy atom. The lowest BCUT2D eigenvalue weighted by molar-refractivity contribution is 0.937. The number of rotatable bonds is 4. The fourth-order valence-electron chi connectivity index (χ4n) is 1.31. The number of hydrogen-bond acceptors (Lipinski definition) is 4. The van der Waals surface area contributed by atoms with E-state index in [4.69, 9.17) is 5.73 Å². The van der Waals surface area contributed by atoms with Crippen molar-refractivity contribution in [3.63, 3.8) is 0 Å². The Morgan fingerprint density at radius 3 is 2.93 bits per heavy atom. The van der Waals surface area contributed by atoms with Crippen LogP contribution < -0.4 is 5.73 Å². The van der Waals surface area contributed by atoms with Gasteiger partial charge < -0.3 is 5.73 Å². The third-order valence-corrected chi connectivity index (χ3v) is 2.99. The normalized spacial score (nSPS) is 10.5. The van der Waals surface area contributed by atoms with E-state index in [-0.39, 0.29) is 0 Å². The average Bonchev–Trinajstić information content (AvgIpc) is 2.74. The van der Waals surface area contributed by atoms with Gasteiger partial charge in [-0.3, -0.25) is 5.10 Å². The molecule has 1 heterocycles. The molecule has 2 aromatic rings. The van der Waals surface area contributed by atoms with Crippen LogP contribution in [-0.2, 0) is 6.42 Å². The lowest BCUT2D eigenvalue weighted by atomic mass is 10.1. The molecule has 4 nitrogen and oxygen atoms in total. The first kappa shape index (κ1) is 10.2. The van der Waals surface area contributed by atoms with Crippen LogP contribution in [0.2, 0.25) is 0 Å². The average molecular weight is 220 g/mol. The molecule has 2 rings (SSSR count). The zero-order valence-corrected chi connectivity index (χ0v) is 9.00. The van der Waals surface area contributed by atoms with E-state index in [2.05, 4.69) is 27.3 Å². The molecule has 0 saturated heterocycles. The van der Waals surface area contributed by atoms with E-state index in [0.717, 1.165) is 11.6 Å². The van der Waals surface area contributed by atoms with Crippen LogP contribution in [0.25, 0.3) is 0 Å². The van der Waals surface area contributed by atoms with Gasteiger partial charge in [0, 0.05) is 4.90 Å². The molecule has 0 fully saturated rings. The van der Waals surface area contributed by atoms with Gasteiger partial charge in [-0.05, 0) is 24.6 Å². The maximum atomic E-state index is 5.56. The van der Waals surface area contributed by atoms with E-state index in [1.54, 1.807) is 11.8 Å². The van der Waals surface area contributed by atoms with Crippen molar-refractivity contribution in [2.45, 2.75) is 16.5 Å². The molecule has 0 bridgehead atoms. The Hall–Kier alpha value is -1.33. The largest absolute Gasteiger partial charge is 0.330 e. The quantitative estimate of drug-likeness (QED) is 0.818. The Kier molecular flexibility index (Phi) is 3.37. The molecule has 0 aliphatic heterocycles. The predicted octanol–water partition coefficient (Wildman–Crippen LogP) is 1.46. The molecule has 0 radical (unpaired) electrons. The van der Waals surface area contributed by atoms with Crippen molar-refractivity contribution in [3.05, 3.63) is 36.2 Å². The van der Waals surface area contributed by atoms with Crippen LogP contribution in [0.15, 0.2) is 40.6 Å². The molecule has 0 aliphatic carbocycles. The lowest BCUT2D eigenvalue weighted by Crippen LogP contribution is -2.03. The summed E-state index contributed by atoms with van der Waals surface area (Å²) in [6.07, 6.45) is 2.39. The lowest BCUT2D eigenvalue weighted by Gasteiger charge is -2.05. The molecule has 1 aromatic heterocycles. The van der Waals surface area contributed by atoms with Crippen LogP contribution >= 0.6 is 11.8 Å². The van der Waals surface area contributed by atoms with Crippen LogP contribution in [0.3, 0.4) is 0 Å². The van der Waals surface area contributed by atoms with Gasteiger partial charge in [0.05, 0.1) is 0 Å². The van der Waals surface area contributed by atoms with Crippen molar-refractivity contribution >= 4 is 11.8 Å². The van der Waals surface area contributed by atoms with Gasteiger partial charge >= 0.3 is 0 Å². The van der Waals surface area contributed by atoms with E-state index in [0.29, 0.717) is 6.54 Å². The number of nitrogens with two attached hydrogens (primary N) is 1. The van der Waals surface area contributed by atoms with Gasteiger partial charge in [0.1, 0.15) is 6.33 Å². The molecule has 15 heavy (non-hydrogen) atoms. The Bertz CT molecular complexity index is 413. The van der Waals surface area contributed by atoms with Gasteiger partial charge in [-0.2, -0.15) is 5.10 Å². The number of hydrogen-bond donors (Lipinski definition) is 2. The van der Waals surface area contributed by atoms with E-state index in [1.165, 1.54) is 16.8 Å². The number of nitrogens with one attached hydrogen (secondary N) is 1. The summed E-state index contributed by atoms with van der Waals surface area (Å²) in [6.45, 7) is 0.661. The number of H-pyrrole nitrogens is 1. The first-order chi connectivity index (χ1) is 7.40. The van der Waals surface area contributed by atoms with Gasteiger partial charge in [-0.15, -0.1) is 0 Å². The predicted molar refractivity (Wildman–Crippen MR) is 59.7 cm³/mol. The number of aromatic nitrogens is 3. The van der Waals surface area contributed by atoms with E-state index < -0.39 is 0 Å². The zero-order valence-electron chi connectivity index (χ0n) is 8.18. The van der Waals surface area contributed by atoms with E-state index in [9.17, 15) is 0 Å². The summed E-state index contributed by atoms with van der Waals surface area (Å²) >= 11 is 1.58.